The average Bonchev–Trinajstić information content (AvgIpc) is 2.43. The van der Waals surface area contributed by atoms with Crippen LogP contribution < -0.4 is 0 Å². The molecule has 104 valence electrons. The van der Waals surface area contributed by atoms with Crippen molar-refractivity contribution in [1.82, 2.24) is 0 Å². The Bertz CT molecular complexity index is 633. The van der Waals surface area contributed by atoms with Crippen LogP contribution in [0, 0.1) is 10.1 Å². The molecule has 0 amide bonds. The van der Waals surface area contributed by atoms with E-state index in [1.54, 1.807) is 0 Å². The molecule has 0 atom stereocenters. The van der Waals surface area contributed by atoms with Gasteiger partial charge in [-0.1, -0.05) is 17.3 Å². The lowest BCUT2D eigenvalue weighted by molar-refractivity contribution is -0.385. The fourth-order valence-corrected chi connectivity index (χ4v) is 2.17. The van der Waals surface area contributed by atoms with Crippen LogP contribution in [0.15, 0.2) is 40.8 Å². The number of benzene rings is 1. The Balaban J connectivity index is 2.60. The molecule has 0 heterocycles. The summed E-state index contributed by atoms with van der Waals surface area (Å²) in [5.41, 5.74) is -0.705. The average molecular weight is 276 g/mol. The number of para-hydroxylation sites is 1. The molecule has 0 unspecified atom stereocenters. The van der Waals surface area contributed by atoms with Crippen molar-refractivity contribution in [1.29, 1.82) is 0 Å². The number of hydrogen-bond donors (Lipinski definition) is 2. The monoisotopic (exact) mass is 276 g/mol. The maximum absolute atomic E-state index is 11.9. The van der Waals surface area contributed by atoms with Crippen LogP contribution in [0.2, 0.25) is 0 Å². The largest absolute Gasteiger partial charge is 0.511 e. The Kier molecular flexibility index (Phi) is 3.79. The second-order valence-corrected chi connectivity index (χ2v) is 4.32. The molecule has 0 aromatic heterocycles. The molecule has 2 rings (SSSR count). The zero-order valence-corrected chi connectivity index (χ0v) is 10.4. The molecule has 7 nitrogen and oxygen atoms in total. The Morgan fingerprint density at radius 1 is 1.30 bits per heavy atom. The predicted molar refractivity (Wildman–Crippen MR) is 69.9 cm³/mol. The van der Waals surface area contributed by atoms with E-state index in [0.29, 0.717) is 6.42 Å². The number of carbonyl (C=O) groups is 1. The Morgan fingerprint density at radius 3 is 2.60 bits per heavy atom. The second-order valence-electron chi connectivity index (χ2n) is 4.32. The van der Waals surface area contributed by atoms with Crippen molar-refractivity contribution in [3.63, 3.8) is 0 Å². The van der Waals surface area contributed by atoms with Gasteiger partial charge >= 0.3 is 0 Å². The van der Waals surface area contributed by atoms with E-state index in [-0.39, 0.29) is 46.9 Å². The highest BCUT2D eigenvalue weighted by Crippen LogP contribution is 2.27. The maximum Gasteiger partial charge on any atom is 0.278 e. The summed E-state index contributed by atoms with van der Waals surface area (Å²) < 4.78 is 0. The lowest BCUT2D eigenvalue weighted by atomic mass is 9.89. The van der Waals surface area contributed by atoms with Crippen LogP contribution in [0.4, 0.5) is 5.69 Å². The highest BCUT2D eigenvalue weighted by Gasteiger charge is 2.30. The molecule has 0 spiro atoms. The number of oxime groups is 1. The number of aliphatic hydroxyl groups excluding tert-OH is 1. The fourth-order valence-electron chi connectivity index (χ4n) is 2.17. The molecule has 1 aromatic rings. The zero-order chi connectivity index (χ0) is 14.7. The Morgan fingerprint density at radius 2 is 2.00 bits per heavy atom. The van der Waals surface area contributed by atoms with Gasteiger partial charge in [-0.3, -0.25) is 14.9 Å². The zero-order valence-electron chi connectivity index (χ0n) is 10.4. The minimum Gasteiger partial charge on any atom is -0.511 e. The number of Topliss-reactive ketones (excluding diaryl/α,β-unsaturated/α-hetero) is 1. The van der Waals surface area contributed by atoms with E-state index >= 15 is 0 Å². The maximum atomic E-state index is 11.9. The van der Waals surface area contributed by atoms with Gasteiger partial charge in [-0.2, -0.15) is 0 Å². The topological polar surface area (TPSA) is 113 Å². The van der Waals surface area contributed by atoms with Gasteiger partial charge in [0.05, 0.1) is 16.1 Å². The number of nitro benzene ring substituents is 1. The van der Waals surface area contributed by atoms with Gasteiger partial charge in [0.15, 0.2) is 5.78 Å². The highest BCUT2D eigenvalue weighted by atomic mass is 16.6. The van der Waals surface area contributed by atoms with Crippen LogP contribution in [-0.4, -0.2) is 26.7 Å². The van der Waals surface area contributed by atoms with Gasteiger partial charge in [0.25, 0.3) is 5.69 Å². The van der Waals surface area contributed by atoms with E-state index in [9.17, 15) is 20.0 Å². The summed E-state index contributed by atoms with van der Waals surface area (Å²) >= 11 is 0. The number of hydrogen-bond acceptors (Lipinski definition) is 6. The van der Waals surface area contributed by atoms with Gasteiger partial charge in [-0.05, 0) is 12.5 Å². The van der Waals surface area contributed by atoms with Crippen molar-refractivity contribution in [2.75, 3.05) is 0 Å². The number of nitro groups is 1. The molecule has 0 radical (unpaired) electrons. The van der Waals surface area contributed by atoms with E-state index in [0.717, 1.165) is 0 Å². The van der Waals surface area contributed by atoms with Crippen molar-refractivity contribution in [2.45, 2.75) is 19.3 Å². The first kappa shape index (κ1) is 13.7. The number of carbonyl (C=O) groups excluding carboxylic acids is 1. The molecule has 1 aliphatic rings. The molecule has 0 saturated carbocycles. The van der Waals surface area contributed by atoms with Crippen molar-refractivity contribution in [3.05, 3.63) is 51.3 Å². The van der Waals surface area contributed by atoms with Crippen molar-refractivity contribution in [2.24, 2.45) is 5.16 Å². The van der Waals surface area contributed by atoms with Crippen LogP contribution in [-0.2, 0) is 4.79 Å². The predicted octanol–water partition coefficient (Wildman–Crippen LogP) is 2.34. The van der Waals surface area contributed by atoms with Crippen molar-refractivity contribution < 1.29 is 20.0 Å². The van der Waals surface area contributed by atoms with Crippen LogP contribution in [0.5, 0.6) is 0 Å². The van der Waals surface area contributed by atoms with Crippen LogP contribution >= 0.6 is 0 Å². The summed E-state index contributed by atoms with van der Waals surface area (Å²) in [6.45, 7) is 0. The summed E-state index contributed by atoms with van der Waals surface area (Å²) in [4.78, 5) is 22.2. The van der Waals surface area contributed by atoms with Gasteiger partial charge in [0.1, 0.15) is 11.5 Å². The van der Waals surface area contributed by atoms with Crippen molar-refractivity contribution in [3.8, 4) is 0 Å². The molecule has 1 aromatic carbocycles. The van der Waals surface area contributed by atoms with Gasteiger partial charge in [0, 0.05) is 18.9 Å². The summed E-state index contributed by atoms with van der Waals surface area (Å²) in [6, 6.07) is 5.60. The van der Waals surface area contributed by atoms with Crippen molar-refractivity contribution >= 4 is 17.2 Å². The third-order valence-electron chi connectivity index (χ3n) is 3.08. The smallest absolute Gasteiger partial charge is 0.278 e. The molecule has 0 aliphatic heterocycles. The fraction of sp³-hybridized carbons (Fsp3) is 0.231. The minimum atomic E-state index is -0.634. The van der Waals surface area contributed by atoms with Crippen LogP contribution in [0.25, 0.3) is 0 Å². The minimum absolute atomic E-state index is 0.00296. The quantitative estimate of drug-likeness (QED) is 0.380. The Labute approximate surface area is 114 Å². The molecular weight excluding hydrogens is 264 g/mol. The molecule has 20 heavy (non-hydrogen) atoms. The number of rotatable bonds is 3. The molecule has 2 N–H and O–H groups in total. The van der Waals surface area contributed by atoms with E-state index in [1.807, 2.05) is 0 Å². The highest BCUT2D eigenvalue weighted by molar-refractivity contribution is 6.30. The summed E-state index contributed by atoms with van der Waals surface area (Å²) in [5.74, 6) is -0.591. The number of nitrogens with zero attached hydrogens (tertiary/aromatic N) is 2. The standard InChI is InChI=1S/C13H12N2O5/c16-10-6-3-7-11(17)12(10)13(14-18)8-4-1-2-5-9(8)15(19)20/h1-2,4-5,16,18H,3,6-7H2/b14-13-. The number of ketones is 1. The van der Waals surface area contributed by atoms with E-state index < -0.39 is 4.92 Å². The molecular formula is C13H12N2O5. The molecule has 0 saturated heterocycles. The van der Waals surface area contributed by atoms with E-state index in [2.05, 4.69) is 5.16 Å². The lowest BCUT2D eigenvalue weighted by Gasteiger charge is -2.16. The first-order valence-electron chi connectivity index (χ1n) is 5.97. The third-order valence-corrected chi connectivity index (χ3v) is 3.08. The van der Waals surface area contributed by atoms with Crippen LogP contribution in [0.3, 0.4) is 0 Å². The van der Waals surface area contributed by atoms with Gasteiger partial charge in [-0.25, -0.2) is 0 Å². The second kappa shape index (κ2) is 5.52. The summed E-state index contributed by atoms with van der Waals surface area (Å²) in [5, 5.41) is 33.0. The normalized spacial score (nSPS) is 16.4. The molecule has 0 bridgehead atoms. The molecule has 0 fully saturated rings. The van der Waals surface area contributed by atoms with Gasteiger partial charge in [-0.15, -0.1) is 0 Å². The van der Waals surface area contributed by atoms with Gasteiger partial charge < -0.3 is 10.3 Å². The summed E-state index contributed by atoms with van der Waals surface area (Å²) in [7, 11) is 0. The van der Waals surface area contributed by atoms with Gasteiger partial charge in [0.2, 0.25) is 0 Å². The first-order valence-corrected chi connectivity index (χ1v) is 5.97. The van der Waals surface area contributed by atoms with Crippen LogP contribution in [0.1, 0.15) is 24.8 Å². The first-order chi connectivity index (χ1) is 9.56. The lowest BCUT2D eigenvalue weighted by Crippen LogP contribution is -2.21. The SMILES string of the molecule is O=C1CCCC(O)=C1/C(=N\O)c1ccccc1[N+](=O)[O-]. The molecule has 7 heteroatoms. The number of allylic oxidation sites excluding steroid dienone is 2. The van der Waals surface area contributed by atoms with E-state index in [1.165, 1.54) is 24.3 Å². The molecule has 1 aliphatic carbocycles. The summed E-state index contributed by atoms with van der Waals surface area (Å²) in [6.07, 6.45) is 0.990. The Hall–Kier alpha value is -2.70. The third kappa shape index (κ3) is 2.37. The van der Waals surface area contributed by atoms with E-state index in [4.69, 9.17) is 5.21 Å². The number of aliphatic hydroxyl groups is 1.